The van der Waals surface area contributed by atoms with Crippen LogP contribution < -0.4 is 10.2 Å². The molecule has 0 heterocycles. The molecule has 0 aliphatic carbocycles. The first kappa shape index (κ1) is 12.5. The number of carbonyl (C=O) groups excluding carboxylic acids is 1. The molecule has 16 heavy (non-hydrogen) atoms. The second-order valence-electron chi connectivity index (χ2n) is 2.98. The summed E-state index contributed by atoms with van der Waals surface area (Å²) in [6.45, 7) is 1.37. The van der Waals surface area contributed by atoms with Crippen LogP contribution in [0.5, 0.6) is 11.5 Å². The van der Waals surface area contributed by atoms with Crippen LogP contribution in [-0.2, 0) is 4.79 Å². The first-order valence-electron chi connectivity index (χ1n) is 4.40. The maximum Gasteiger partial charge on any atom is 0.236 e. The van der Waals surface area contributed by atoms with Crippen LogP contribution in [-0.4, -0.2) is 24.3 Å². The van der Waals surface area contributed by atoms with Gasteiger partial charge in [-0.1, -0.05) is 0 Å². The van der Waals surface area contributed by atoms with Crippen LogP contribution in [0.3, 0.4) is 0 Å². The van der Waals surface area contributed by atoms with Crippen molar-refractivity contribution < 1.29 is 14.6 Å². The third kappa shape index (κ3) is 3.23. The average Bonchev–Trinajstić information content (AvgIpc) is 2.22. The summed E-state index contributed by atoms with van der Waals surface area (Å²) in [5, 5.41) is 13.3. The fourth-order valence-corrected chi connectivity index (χ4v) is 1.48. The molecule has 0 spiro atoms. The Morgan fingerprint density at radius 1 is 1.62 bits per heavy atom. The van der Waals surface area contributed by atoms with Gasteiger partial charge >= 0.3 is 0 Å². The fourth-order valence-electron chi connectivity index (χ4n) is 1.02. The molecule has 0 unspecified atom stereocenters. The molecule has 1 aromatic rings. The molecule has 0 saturated carbocycles. The Labute approximate surface area is 101 Å². The highest BCUT2D eigenvalue weighted by molar-refractivity contribution is 9.10. The third-order valence-corrected chi connectivity index (χ3v) is 2.31. The molecule has 1 aromatic carbocycles. The second kappa shape index (κ2) is 5.50. The third-order valence-electron chi connectivity index (χ3n) is 1.71. The number of aromatic hydroxyl groups is 1. The number of phenols is 1. The van der Waals surface area contributed by atoms with E-state index in [2.05, 4.69) is 26.5 Å². The monoisotopic (exact) mass is 286 g/mol. The largest absolute Gasteiger partial charge is 0.503 e. The number of nitrogens with one attached hydrogen (secondary N) is 1. The van der Waals surface area contributed by atoms with E-state index in [0.29, 0.717) is 15.8 Å². The number of hydrazone groups is 1. The summed E-state index contributed by atoms with van der Waals surface area (Å²) >= 11 is 3.18. The van der Waals surface area contributed by atoms with Crippen LogP contribution in [0, 0.1) is 0 Å². The van der Waals surface area contributed by atoms with Crippen LogP contribution in [0.1, 0.15) is 12.5 Å². The standard InChI is InChI=1S/C10H11BrN2O3/c1-6(14)13-12-5-7-3-8(11)10(15)9(4-7)16-2/h3-5,15H,1-2H3,(H,13,14)/b12-5-. The van der Waals surface area contributed by atoms with Gasteiger partial charge in [0.25, 0.3) is 0 Å². The van der Waals surface area contributed by atoms with Gasteiger partial charge < -0.3 is 9.84 Å². The van der Waals surface area contributed by atoms with Gasteiger partial charge in [0.2, 0.25) is 5.91 Å². The number of carbonyl (C=O) groups is 1. The minimum atomic E-state index is -0.249. The lowest BCUT2D eigenvalue weighted by atomic mass is 10.2. The van der Waals surface area contributed by atoms with Crippen molar-refractivity contribution in [2.75, 3.05) is 7.11 Å². The van der Waals surface area contributed by atoms with E-state index in [-0.39, 0.29) is 11.7 Å². The first-order valence-corrected chi connectivity index (χ1v) is 5.20. The van der Waals surface area contributed by atoms with Crippen molar-refractivity contribution in [3.8, 4) is 11.5 Å². The van der Waals surface area contributed by atoms with E-state index in [1.54, 1.807) is 12.1 Å². The summed E-state index contributed by atoms with van der Waals surface area (Å²) in [4.78, 5) is 10.6. The van der Waals surface area contributed by atoms with Crippen LogP contribution in [0.15, 0.2) is 21.7 Å². The molecule has 1 amide bonds. The minimum absolute atomic E-state index is 0.0270. The highest BCUT2D eigenvalue weighted by atomic mass is 79.9. The predicted molar refractivity (Wildman–Crippen MR) is 63.8 cm³/mol. The number of rotatable bonds is 3. The molecular weight excluding hydrogens is 276 g/mol. The number of hydrogen-bond acceptors (Lipinski definition) is 4. The zero-order valence-electron chi connectivity index (χ0n) is 8.82. The minimum Gasteiger partial charge on any atom is -0.503 e. The van der Waals surface area contributed by atoms with Crippen LogP contribution in [0.25, 0.3) is 0 Å². The lowest BCUT2D eigenvalue weighted by molar-refractivity contribution is -0.118. The van der Waals surface area contributed by atoms with Gasteiger partial charge in [0.15, 0.2) is 11.5 Å². The number of hydrogen-bond donors (Lipinski definition) is 2. The highest BCUT2D eigenvalue weighted by Gasteiger charge is 2.07. The van der Waals surface area contributed by atoms with Crippen LogP contribution >= 0.6 is 15.9 Å². The van der Waals surface area contributed by atoms with Crippen molar-refractivity contribution >= 4 is 28.1 Å². The summed E-state index contributed by atoms with van der Waals surface area (Å²) in [5.74, 6) is 0.110. The van der Waals surface area contributed by atoms with E-state index in [9.17, 15) is 9.90 Å². The SMILES string of the molecule is COc1cc(/C=N\NC(C)=O)cc(Br)c1O. The number of nitrogens with zero attached hydrogens (tertiary/aromatic N) is 1. The zero-order chi connectivity index (χ0) is 12.1. The van der Waals surface area contributed by atoms with Gasteiger partial charge in [-0.05, 0) is 33.6 Å². The molecule has 0 saturated heterocycles. The zero-order valence-corrected chi connectivity index (χ0v) is 10.4. The molecule has 0 aromatic heterocycles. The van der Waals surface area contributed by atoms with Crippen molar-refractivity contribution in [3.05, 3.63) is 22.2 Å². The van der Waals surface area contributed by atoms with Gasteiger partial charge in [-0.15, -0.1) is 0 Å². The molecule has 0 atom stereocenters. The Hall–Kier alpha value is -1.56. The van der Waals surface area contributed by atoms with Gasteiger partial charge in [0.1, 0.15) is 0 Å². The van der Waals surface area contributed by atoms with Gasteiger partial charge in [-0.2, -0.15) is 5.10 Å². The topological polar surface area (TPSA) is 70.9 Å². The Balaban J connectivity index is 2.93. The van der Waals surface area contributed by atoms with E-state index >= 15 is 0 Å². The van der Waals surface area contributed by atoms with E-state index < -0.39 is 0 Å². The molecule has 5 nitrogen and oxygen atoms in total. The number of amides is 1. The Kier molecular flexibility index (Phi) is 4.30. The van der Waals surface area contributed by atoms with E-state index in [1.165, 1.54) is 20.2 Å². The van der Waals surface area contributed by atoms with Crippen molar-refractivity contribution in [1.29, 1.82) is 0 Å². The molecule has 0 radical (unpaired) electrons. The first-order chi connectivity index (χ1) is 7.54. The fraction of sp³-hybridized carbons (Fsp3) is 0.200. The summed E-state index contributed by atoms with van der Waals surface area (Å²) < 4.78 is 5.46. The van der Waals surface area contributed by atoms with E-state index in [0.717, 1.165) is 0 Å². The molecule has 86 valence electrons. The molecule has 0 fully saturated rings. The van der Waals surface area contributed by atoms with Gasteiger partial charge in [-0.25, -0.2) is 5.43 Å². The van der Waals surface area contributed by atoms with E-state index in [4.69, 9.17) is 4.74 Å². The quantitative estimate of drug-likeness (QED) is 0.655. The number of benzene rings is 1. The summed E-state index contributed by atoms with van der Waals surface area (Å²) in [7, 11) is 1.45. The van der Waals surface area contributed by atoms with Crippen LogP contribution in [0.2, 0.25) is 0 Å². The molecule has 0 bridgehead atoms. The maximum absolute atomic E-state index is 10.6. The lowest BCUT2D eigenvalue weighted by Crippen LogP contribution is -2.12. The number of ether oxygens (including phenoxy) is 1. The van der Waals surface area contributed by atoms with Crippen molar-refractivity contribution in [2.24, 2.45) is 5.10 Å². The molecular formula is C10H11BrN2O3. The Bertz CT molecular complexity index is 432. The average molecular weight is 287 g/mol. The normalized spacial score (nSPS) is 10.4. The van der Waals surface area contributed by atoms with Gasteiger partial charge in [0, 0.05) is 6.92 Å². The molecule has 0 aliphatic heterocycles. The molecule has 2 N–H and O–H groups in total. The Morgan fingerprint density at radius 3 is 2.88 bits per heavy atom. The molecule has 0 aliphatic rings. The van der Waals surface area contributed by atoms with Crippen molar-refractivity contribution in [3.63, 3.8) is 0 Å². The smallest absolute Gasteiger partial charge is 0.236 e. The van der Waals surface area contributed by atoms with Crippen LogP contribution in [0.4, 0.5) is 0 Å². The number of phenolic OH excluding ortho intramolecular Hbond substituents is 1. The summed E-state index contributed by atoms with van der Waals surface area (Å²) in [5.41, 5.74) is 2.97. The van der Waals surface area contributed by atoms with Gasteiger partial charge in [0.05, 0.1) is 17.8 Å². The number of halogens is 1. The summed E-state index contributed by atoms with van der Waals surface area (Å²) in [6.07, 6.45) is 1.45. The van der Waals surface area contributed by atoms with Crippen molar-refractivity contribution in [2.45, 2.75) is 6.92 Å². The Morgan fingerprint density at radius 2 is 2.31 bits per heavy atom. The van der Waals surface area contributed by atoms with Crippen molar-refractivity contribution in [1.82, 2.24) is 5.43 Å². The lowest BCUT2D eigenvalue weighted by Gasteiger charge is -2.06. The predicted octanol–water partition coefficient (Wildman–Crippen LogP) is 1.63. The number of methoxy groups -OCH3 is 1. The highest BCUT2D eigenvalue weighted by Crippen LogP contribution is 2.34. The summed E-state index contributed by atoms with van der Waals surface area (Å²) in [6, 6.07) is 3.26. The molecule has 1 rings (SSSR count). The van der Waals surface area contributed by atoms with Gasteiger partial charge in [-0.3, -0.25) is 4.79 Å². The second-order valence-corrected chi connectivity index (χ2v) is 3.83. The van der Waals surface area contributed by atoms with E-state index in [1.807, 2.05) is 0 Å². The molecule has 6 heteroatoms. The maximum atomic E-state index is 10.6.